The molecular formula is C32H46N2O2. The number of piperidine rings is 1. The number of hydrogen-bond donors (Lipinski definition) is 2. The minimum Gasteiger partial charge on any atom is -0.480 e. The van der Waals surface area contributed by atoms with Crippen LogP contribution >= 0.6 is 0 Å². The second kappa shape index (κ2) is 13.4. The zero-order chi connectivity index (χ0) is 25.3. The fourth-order valence-electron chi connectivity index (χ4n) is 6.60. The van der Waals surface area contributed by atoms with Gasteiger partial charge in [-0.1, -0.05) is 80.9 Å². The third-order valence-corrected chi connectivity index (χ3v) is 8.49. The highest BCUT2D eigenvalue weighted by atomic mass is 16.4. The number of benzene rings is 2. The summed E-state index contributed by atoms with van der Waals surface area (Å²) in [5, 5.41) is 13.3. The van der Waals surface area contributed by atoms with Crippen molar-refractivity contribution in [3.63, 3.8) is 0 Å². The molecule has 4 atom stereocenters. The van der Waals surface area contributed by atoms with Gasteiger partial charge in [-0.2, -0.15) is 0 Å². The first-order valence-electron chi connectivity index (χ1n) is 14.3. The highest BCUT2D eigenvalue weighted by Gasteiger charge is 2.38. The van der Waals surface area contributed by atoms with Crippen LogP contribution in [0.25, 0.3) is 0 Å². The van der Waals surface area contributed by atoms with Crippen molar-refractivity contribution in [2.24, 2.45) is 17.8 Å². The summed E-state index contributed by atoms with van der Waals surface area (Å²) in [4.78, 5) is 14.6. The lowest BCUT2D eigenvalue weighted by atomic mass is 9.87. The van der Waals surface area contributed by atoms with Gasteiger partial charge in [0.1, 0.15) is 6.04 Å². The molecule has 2 aliphatic rings. The molecule has 0 spiro atoms. The fraction of sp³-hybridized carbons (Fsp3) is 0.594. The smallest absolute Gasteiger partial charge is 0.320 e. The van der Waals surface area contributed by atoms with E-state index in [1.807, 2.05) is 0 Å². The summed E-state index contributed by atoms with van der Waals surface area (Å²) in [6.07, 6.45) is 9.25. The second-order valence-electron chi connectivity index (χ2n) is 11.8. The van der Waals surface area contributed by atoms with E-state index in [9.17, 15) is 9.90 Å². The normalized spacial score (nSPS) is 24.2. The Morgan fingerprint density at radius 2 is 1.67 bits per heavy atom. The maximum Gasteiger partial charge on any atom is 0.320 e. The summed E-state index contributed by atoms with van der Waals surface area (Å²) < 4.78 is 0. The van der Waals surface area contributed by atoms with Gasteiger partial charge in [-0.3, -0.25) is 4.79 Å². The summed E-state index contributed by atoms with van der Waals surface area (Å²) in [7, 11) is 0. The molecule has 36 heavy (non-hydrogen) atoms. The molecular weight excluding hydrogens is 444 g/mol. The number of nitrogens with one attached hydrogen (secondary N) is 1. The molecule has 2 aromatic rings. The maximum absolute atomic E-state index is 11.9. The number of aliphatic carboxylic acids is 1. The Kier molecular flexibility index (Phi) is 10.0. The van der Waals surface area contributed by atoms with Crippen molar-refractivity contribution < 1.29 is 9.90 Å². The van der Waals surface area contributed by atoms with Gasteiger partial charge >= 0.3 is 5.97 Å². The fourth-order valence-corrected chi connectivity index (χ4v) is 6.60. The van der Waals surface area contributed by atoms with Crippen LogP contribution < -0.4 is 5.32 Å². The van der Waals surface area contributed by atoms with E-state index in [4.69, 9.17) is 0 Å². The molecule has 0 bridgehead atoms. The van der Waals surface area contributed by atoms with Crippen molar-refractivity contribution in [3.8, 4) is 0 Å². The molecule has 4 nitrogen and oxygen atoms in total. The van der Waals surface area contributed by atoms with Crippen molar-refractivity contribution in [3.05, 3.63) is 71.8 Å². The van der Waals surface area contributed by atoms with E-state index >= 15 is 0 Å². The number of aryl methyl sites for hydroxylation is 1. The largest absolute Gasteiger partial charge is 0.480 e. The molecule has 1 aliphatic carbocycles. The zero-order valence-corrected chi connectivity index (χ0v) is 22.3. The molecule has 2 aromatic carbocycles. The molecule has 0 radical (unpaired) electrons. The Balaban J connectivity index is 1.29. The topological polar surface area (TPSA) is 52.6 Å². The van der Waals surface area contributed by atoms with Crippen LogP contribution in [-0.2, 0) is 11.2 Å². The first-order valence-corrected chi connectivity index (χ1v) is 14.3. The standard InChI is InChI=1S/C32H46N2O2/c1-24(2)20-31(32(35)36)33-29-21-28(30(22-29)27-14-7-4-8-15-27)23-34-18-16-26(17-19-34)13-9-12-25-10-5-3-6-11-25/h3-8,10-11,14-15,24,26,28-31,33H,9,12-13,16-23H2,1-2H3,(H,35,36)/t28?,29?,30?,31-/m1/s1. The molecule has 0 amide bonds. The van der Waals surface area contributed by atoms with E-state index in [0.29, 0.717) is 24.2 Å². The number of carbonyl (C=O) groups is 1. The van der Waals surface area contributed by atoms with E-state index in [-0.39, 0.29) is 6.04 Å². The third kappa shape index (κ3) is 7.91. The van der Waals surface area contributed by atoms with E-state index < -0.39 is 12.0 Å². The third-order valence-electron chi connectivity index (χ3n) is 8.49. The van der Waals surface area contributed by atoms with Crippen molar-refractivity contribution in [2.45, 2.75) is 83.2 Å². The Bertz CT molecular complexity index is 908. The maximum atomic E-state index is 11.9. The van der Waals surface area contributed by atoms with Crippen LogP contribution in [0.3, 0.4) is 0 Å². The average molecular weight is 491 g/mol. The minimum atomic E-state index is -0.710. The molecule has 1 aliphatic heterocycles. The van der Waals surface area contributed by atoms with Crippen molar-refractivity contribution in [1.29, 1.82) is 0 Å². The summed E-state index contributed by atoms with van der Waals surface area (Å²) in [5.41, 5.74) is 2.88. The molecule has 2 fully saturated rings. The highest BCUT2D eigenvalue weighted by molar-refractivity contribution is 5.73. The molecule has 4 heteroatoms. The van der Waals surface area contributed by atoms with Gasteiger partial charge in [0.2, 0.25) is 0 Å². The number of likely N-dealkylation sites (tertiary alicyclic amines) is 1. The number of hydrogen-bond acceptors (Lipinski definition) is 3. The van der Waals surface area contributed by atoms with Gasteiger partial charge in [0, 0.05) is 12.6 Å². The summed E-state index contributed by atoms with van der Waals surface area (Å²) in [6.45, 7) is 7.76. The number of carboxylic acids is 1. The Morgan fingerprint density at radius 1 is 1.00 bits per heavy atom. The number of nitrogens with zero attached hydrogens (tertiary/aromatic N) is 1. The summed E-state index contributed by atoms with van der Waals surface area (Å²) >= 11 is 0. The molecule has 2 N–H and O–H groups in total. The van der Waals surface area contributed by atoms with Gasteiger partial charge in [0.05, 0.1) is 0 Å². The Labute approximate surface area is 218 Å². The first kappa shape index (κ1) is 26.9. The van der Waals surface area contributed by atoms with Crippen LogP contribution in [-0.4, -0.2) is 47.7 Å². The lowest BCUT2D eigenvalue weighted by molar-refractivity contribution is -0.140. The first-order chi connectivity index (χ1) is 17.5. The van der Waals surface area contributed by atoms with Crippen LogP contribution in [0, 0.1) is 17.8 Å². The van der Waals surface area contributed by atoms with E-state index in [2.05, 4.69) is 84.7 Å². The SMILES string of the molecule is CC(C)C[C@@H](NC1CC(CN2CCC(CCCc3ccccc3)CC2)C(c2ccccc2)C1)C(=O)O. The van der Waals surface area contributed by atoms with Crippen LogP contribution in [0.2, 0.25) is 0 Å². The Morgan fingerprint density at radius 3 is 2.31 bits per heavy atom. The molecule has 196 valence electrons. The van der Waals surface area contributed by atoms with Crippen molar-refractivity contribution in [1.82, 2.24) is 10.2 Å². The predicted octanol–water partition coefficient (Wildman–Crippen LogP) is 6.37. The summed E-state index contributed by atoms with van der Waals surface area (Å²) in [6, 6.07) is 21.6. The second-order valence-corrected chi connectivity index (χ2v) is 11.8. The van der Waals surface area contributed by atoms with Gasteiger partial charge in [-0.05, 0) is 92.8 Å². The van der Waals surface area contributed by atoms with Gasteiger partial charge < -0.3 is 15.3 Å². The van der Waals surface area contributed by atoms with Gasteiger partial charge in [0.25, 0.3) is 0 Å². The molecule has 4 rings (SSSR count). The van der Waals surface area contributed by atoms with Crippen LogP contribution in [0.4, 0.5) is 0 Å². The number of rotatable bonds is 12. The highest BCUT2D eigenvalue weighted by Crippen LogP contribution is 2.41. The van der Waals surface area contributed by atoms with Gasteiger partial charge in [0.15, 0.2) is 0 Å². The van der Waals surface area contributed by atoms with Crippen molar-refractivity contribution >= 4 is 5.97 Å². The van der Waals surface area contributed by atoms with E-state index in [0.717, 1.165) is 25.3 Å². The van der Waals surface area contributed by atoms with E-state index in [1.165, 1.54) is 56.3 Å². The molecule has 1 heterocycles. The number of carboxylic acid groups (broad SMARTS) is 1. The zero-order valence-electron chi connectivity index (χ0n) is 22.3. The molecule has 1 saturated carbocycles. The molecule has 1 saturated heterocycles. The van der Waals surface area contributed by atoms with Crippen molar-refractivity contribution in [2.75, 3.05) is 19.6 Å². The summed E-state index contributed by atoms with van der Waals surface area (Å²) in [5.74, 6) is 1.60. The minimum absolute atomic E-state index is 0.274. The predicted molar refractivity (Wildman–Crippen MR) is 148 cm³/mol. The van der Waals surface area contributed by atoms with Gasteiger partial charge in [-0.25, -0.2) is 0 Å². The van der Waals surface area contributed by atoms with Crippen LogP contribution in [0.15, 0.2) is 60.7 Å². The van der Waals surface area contributed by atoms with E-state index in [1.54, 1.807) is 0 Å². The quantitative estimate of drug-likeness (QED) is 0.363. The van der Waals surface area contributed by atoms with Gasteiger partial charge in [-0.15, -0.1) is 0 Å². The Hall–Kier alpha value is -2.17. The van der Waals surface area contributed by atoms with Crippen LogP contribution in [0.1, 0.15) is 75.8 Å². The average Bonchev–Trinajstić information content (AvgIpc) is 3.27. The lowest BCUT2D eigenvalue weighted by Gasteiger charge is -2.35. The monoisotopic (exact) mass is 490 g/mol. The molecule has 0 aromatic heterocycles. The lowest BCUT2D eigenvalue weighted by Crippen LogP contribution is -2.43. The van der Waals surface area contributed by atoms with Crippen LogP contribution in [0.5, 0.6) is 0 Å². The molecule has 3 unspecified atom stereocenters.